The Morgan fingerprint density at radius 2 is 1.97 bits per heavy atom. The van der Waals surface area contributed by atoms with Gasteiger partial charge in [-0.15, -0.1) is 0 Å². The highest BCUT2D eigenvalue weighted by Crippen LogP contribution is 2.31. The Balaban J connectivity index is 1.44. The highest BCUT2D eigenvalue weighted by molar-refractivity contribution is 5.94. The smallest absolute Gasteiger partial charge is 0.341 e. The van der Waals surface area contributed by atoms with E-state index in [2.05, 4.69) is 14.9 Å². The first-order valence-corrected chi connectivity index (χ1v) is 10.7. The van der Waals surface area contributed by atoms with E-state index in [1.54, 1.807) is 49.9 Å². The zero-order valence-electron chi connectivity index (χ0n) is 18.3. The van der Waals surface area contributed by atoms with Crippen LogP contribution in [0.5, 0.6) is 5.75 Å². The second-order valence-corrected chi connectivity index (χ2v) is 8.34. The van der Waals surface area contributed by atoms with E-state index in [1.165, 1.54) is 4.90 Å². The van der Waals surface area contributed by atoms with Crippen molar-refractivity contribution in [2.24, 2.45) is 0 Å². The van der Waals surface area contributed by atoms with Crippen LogP contribution in [0.1, 0.15) is 23.2 Å². The molecular weight excluding hydrogens is 424 g/mol. The van der Waals surface area contributed by atoms with Crippen LogP contribution in [0.25, 0.3) is 10.9 Å². The van der Waals surface area contributed by atoms with Crippen molar-refractivity contribution in [2.75, 3.05) is 38.2 Å². The number of piperidine rings is 1. The van der Waals surface area contributed by atoms with Crippen LogP contribution in [0.3, 0.4) is 0 Å². The number of hydrogen-bond acceptors (Lipinski definition) is 7. The Hall–Kier alpha value is -3.72. The number of benzene rings is 1. The van der Waals surface area contributed by atoms with E-state index in [0.717, 1.165) is 29.6 Å². The number of carbonyl (C=O) groups is 2. The molecule has 1 saturated heterocycles. The predicted octanol–water partition coefficient (Wildman–Crippen LogP) is 2.20. The second kappa shape index (κ2) is 9.41. The molecule has 1 aliphatic heterocycles. The van der Waals surface area contributed by atoms with E-state index in [-0.39, 0.29) is 12.5 Å². The van der Waals surface area contributed by atoms with Crippen LogP contribution in [0.4, 0.5) is 5.69 Å². The van der Waals surface area contributed by atoms with Gasteiger partial charge in [0.1, 0.15) is 5.75 Å². The Labute approximate surface area is 191 Å². The summed E-state index contributed by atoms with van der Waals surface area (Å²) in [5.74, 6) is -0.929. The molecule has 0 aliphatic carbocycles. The van der Waals surface area contributed by atoms with Crippen molar-refractivity contribution >= 4 is 28.5 Å². The summed E-state index contributed by atoms with van der Waals surface area (Å²) in [5.41, 5.74) is 1.19. The fraction of sp³-hybridized carbons (Fsp3) is 0.333. The van der Waals surface area contributed by atoms with Crippen LogP contribution in [-0.2, 0) is 4.79 Å². The largest absolute Gasteiger partial charge is 0.482 e. The van der Waals surface area contributed by atoms with Crippen molar-refractivity contribution in [1.29, 1.82) is 0 Å². The molecule has 0 spiro atoms. The van der Waals surface area contributed by atoms with Crippen LogP contribution in [0, 0.1) is 0 Å². The number of nitrogens with zero attached hydrogens (tertiary/aromatic N) is 4. The lowest BCUT2D eigenvalue weighted by atomic mass is 9.91. The number of carboxylic acids is 1. The average molecular weight is 450 g/mol. The molecule has 33 heavy (non-hydrogen) atoms. The highest BCUT2D eigenvalue weighted by atomic mass is 16.5. The van der Waals surface area contributed by atoms with Gasteiger partial charge in [-0.1, -0.05) is 0 Å². The number of rotatable bonds is 7. The molecule has 1 atom stereocenters. The minimum absolute atomic E-state index is 0.181. The first kappa shape index (κ1) is 22.5. The lowest BCUT2D eigenvalue weighted by Crippen LogP contribution is -2.54. The van der Waals surface area contributed by atoms with Crippen molar-refractivity contribution in [1.82, 2.24) is 14.9 Å². The van der Waals surface area contributed by atoms with Crippen LogP contribution < -0.4 is 9.64 Å². The van der Waals surface area contributed by atoms with Gasteiger partial charge in [-0.25, -0.2) is 4.79 Å². The third-order valence-electron chi connectivity index (χ3n) is 5.76. The number of carbonyl (C=O) groups excluding carboxylic acids is 1. The Morgan fingerprint density at radius 1 is 1.18 bits per heavy atom. The fourth-order valence-electron chi connectivity index (χ4n) is 4.27. The standard InChI is InChI=1S/C24H26N4O5/c1-27(23(31)17-3-5-18(6-4-17)33-14-22(29)30)15-24(32)9-2-12-28(16-24)21-8-11-26-20-7-10-25-13-19(20)21/h3-8,10-11,13,32H,2,9,12,14-16H2,1H3,(H,29,30)/t24-/m0/s1. The normalized spacial score (nSPS) is 18.2. The van der Waals surface area contributed by atoms with Gasteiger partial charge in [0.05, 0.1) is 17.7 Å². The van der Waals surface area contributed by atoms with Gasteiger partial charge >= 0.3 is 5.97 Å². The van der Waals surface area contributed by atoms with Crippen molar-refractivity contribution in [2.45, 2.75) is 18.4 Å². The molecule has 0 bridgehead atoms. The molecule has 0 radical (unpaired) electrons. The molecule has 2 N–H and O–H groups in total. The lowest BCUT2D eigenvalue weighted by Gasteiger charge is -2.42. The van der Waals surface area contributed by atoms with Gasteiger partial charge in [0.15, 0.2) is 6.61 Å². The zero-order valence-corrected chi connectivity index (χ0v) is 18.3. The maximum absolute atomic E-state index is 12.9. The summed E-state index contributed by atoms with van der Waals surface area (Å²) in [6.45, 7) is 0.923. The molecule has 3 aromatic rings. The molecule has 9 heteroatoms. The summed E-state index contributed by atoms with van der Waals surface area (Å²) >= 11 is 0. The number of ether oxygens (including phenoxy) is 1. The van der Waals surface area contributed by atoms with Crippen molar-refractivity contribution in [3.8, 4) is 5.75 Å². The zero-order chi connectivity index (χ0) is 23.4. The molecule has 1 aromatic carbocycles. The van der Waals surface area contributed by atoms with Gasteiger partial charge in [0.2, 0.25) is 0 Å². The number of aliphatic carboxylic acids is 1. The number of amides is 1. The molecule has 3 heterocycles. The van der Waals surface area contributed by atoms with Gasteiger partial charge in [-0.2, -0.15) is 0 Å². The number of likely N-dealkylation sites (N-methyl/N-ethyl adjacent to an activating group) is 1. The summed E-state index contributed by atoms with van der Waals surface area (Å²) in [7, 11) is 1.67. The number of anilines is 1. The molecule has 9 nitrogen and oxygen atoms in total. The maximum atomic E-state index is 12.9. The van der Waals surface area contributed by atoms with Crippen molar-refractivity contribution < 1.29 is 24.5 Å². The van der Waals surface area contributed by atoms with Crippen LogP contribution in [-0.4, -0.2) is 75.8 Å². The Morgan fingerprint density at radius 3 is 2.73 bits per heavy atom. The molecule has 2 aromatic heterocycles. The highest BCUT2D eigenvalue weighted by Gasteiger charge is 2.36. The molecule has 0 saturated carbocycles. The summed E-state index contributed by atoms with van der Waals surface area (Å²) in [6.07, 6.45) is 6.62. The minimum atomic E-state index is -1.07. The van der Waals surface area contributed by atoms with Gasteiger partial charge in [-0.3, -0.25) is 14.8 Å². The molecular formula is C24H26N4O5. The summed E-state index contributed by atoms with van der Waals surface area (Å²) < 4.78 is 5.11. The number of carboxylic acid groups (broad SMARTS) is 1. The van der Waals surface area contributed by atoms with Crippen molar-refractivity contribution in [3.63, 3.8) is 0 Å². The first-order chi connectivity index (χ1) is 15.8. The number of aromatic nitrogens is 2. The number of fused-ring (bicyclic) bond motifs is 1. The van der Waals surface area contributed by atoms with E-state index in [0.29, 0.717) is 24.3 Å². The van der Waals surface area contributed by atoms with E-state index in [1.807, 2.05) is 12.1 Å². The number of hydrogen-bond donors (Lipinski definition) is 2. The third-order valence-corrected chi connectivity index (χ3v) is 5.76. The summed E-state index contributed by atoms with van der Waals surface area (Å²) in [6, 6.07) is 10.1. The van der Waals surface area contributed by atoms with E-state index < -0.39 is 18.2 Å². The molecule has 1 amide bonds. The minimum Gasteiger partial charge on any atom is -0.482 e. The Kier molecular flexibility index (Phi) is 6.41. The van der Waals surface area contributed by atoms with Crippen molar-refractivity contribution in [3.05, 3.63) is 60.6 Å². The van der Waals surface area contributed by atoms with Crippen LogP contribution in [0.2, 0.25) is 0 Å². The van der Waals surface area contributed by atoms with Gasteiger partial charge in [-0.05, 0) is 49.2 Å². The first-order valence-electron chi connectivity index (χ1n) is 10.7. The summed E-state index contributed by atoms with van der Waals surface area (Å²) in [5, 5.41) is 21.0. The quantitative estimate of drug-likeness (QED) is 0.563. The van der Waals surface area contributed by atoms with E-state index in [9.17, 15) is 14.7 Å². The van der Waals surface area contributed by atoms with Gasteiger partial charge in [0, 0.05) is 55.4 Å². The molecule has 172 valence electrons. The number of β-amino-alcohol motifs (C(OH)–C–C–N with tert-alkyl or cyclic N) is 1. The predicted molar refractivity (Wildman–Crippen MR) is 122 cm³/mol. The topological polar surface area (TPSA) is 116 Å². The van der Waals surface area contributed by atoms with E-state index in [4.69, 9.17) is 9.84 Å². The third kappa shape index (κ3) is 5.20. The molecule has 4 rings (SSSR count). The number of aliphatic hydroxyl groups is 1. The fourth-order valence-corrected chi connectivity index (χ4v) is 4.27. The lowest BCUT2D eigenvalue weighted by molar-refractivity contribution is -0.139. The molecule has 1 fully saturated rings. The molecule has 0 unspecified atom stereocenters. The van der Waals surface area contributed by atoms with Gasteiger partial charge < -0.3 is 24.7 Å². The van der Waals surface area contributed by atoms with Crippen LogP contribution in [0.15, 0.2) is 55.0 Å². The SMILES string of the molecule is CN(C[C@@]1(O)CCCN(c2ccnc3ccncc23)C1)C(=O)c1ccc(OCC(=O)O)cc1. The maximum Gasteiger partial charge on any atom is 0.341 e. The average Bonchev–Trinajstić information content (AvgIpc) is 2.82. The molecule has 1 aliphatic rings. The summed E-state index contributed by atoms with van der Waals surface area (Å²) in [4.78, 5) is 35.8. The van der Waals surface area contributed by atoms with E-state index >= 15 is 0 Å². The number of pyridine rings is 2. The Bertz CT molecular complexity index is 1150. The monoisotopic (exact) mass is 450 g/mol. The second-order valence-electron chi connectivity index (χ2n) is 8.34. The van der Waals surface area contributed by atoms with Gasteiger partial charge in [0.25, 0.3) is 5.91 Å². The van der Waals surface area contributed by atoms with Crippen LogP contribution >= 0.6 is 0 Å².